The highest BCUT2D eigenvalue weighted by Gasteiger charge is 2.14. The molecule has 0 spiro atoms. The average molecular weight is 244 g/mol. The van der Waals surface area contributed by atoms with Gasteiger partial charge in [0.15, 0.2) is 0 Å². The van der Waals surface area contributed by atoms with Gasteiger partial charge in [0.05, 0.1) is 11.4 Å². The monoisotopic (exact) mass is 244 g/mol. The van der Waals surface area contributed by atoms with Crippen LogP contribution in [0.4, 0.5) is 11.4 Å². The summed E-state index contributed by atoms with van der Waals surface area (Å²) in [6.45, 7) is 5.91. The fraction of sp³-hybridized carbons (Fsp3) is 0.429. The third-order valence-corrected chi connectivity index (χ3v) is 2.84. The van der Waals surface area contributed by atoms with E-state index in [1.165, 1.54) is 0 Å². The van der Waals surface area contributed by atoms with E-state index in [-0.39, 0.29) is 0 Å². The van der Waals surface area contributed by atoms with Gasteiger partial charge in [-0.2, -0.15) is 9.98 Å². The molecular weight excluding hydrogens is 228 g/mol. The van der Waals surface area contributed by atoms with Crippen molar-refractivity contribution in [3.8, 4) is 0 Å². The van der Waals surface area contributed by atoms with Gasteiger partial charge in [0, 0.05) is 5.56 Å². The van der Waals surface area contributed by atoms with Crippen LogP contribution in [-0.4, -0.2) is 12.2 Å². The lowest BCUT2D eigenvalue weighted by atomic mass is 9.96. The van der Waals surface area contributed by atoms with E-state index >= 15 is 0 Å². The van der Waals surface area contributed by atoms with Crippen LogP contribution in [0.3, 0.4) is 0 Å². The van der Waals surface area contributed by atoms with E-state index in [1.807, 2.05) is 26.8 Å². The number of rotatable bonds is 5. The van der Waals surface area contributed by atoms with Crippen LogP contribution < -0.4 is 0 Å². The van der Waals surface area contributed by atoms with Gasteiger partial charge in [0.25, 0.3) is 0 Å². The molecule has 0 unspecified atom stereocenters. The fourth-order valence-electron chi connectivity index (χ4n) is 2.08. The van der Waals surface area contributed by atoms with Crippen LogP contribution >= 0.6 is 0 Å². The maximum absolute atomic E-state index is 10.6. The Labute approximate surface area is 106 Å². The summed E-state index contributed by atoms with van der Waals surface area (Å²) in [6, 6.07) is 1.91. The molecule has 0 aromatic heterocycles. The summed E-state index contributed by atoms with van der Waals surface area (Å²) in [5, 5.41) is 0. The predicted octanol–water partition coefficient (Wildman–Crippen LogP) is 3.44. The van der Waals surface area contributed by atoms with Gasteiger partial charge >= 0.3 is 0 Å². The van der Waals surface area contributed by atoms with Crippen molar-refractivity contribution < 1.29 is 9.59 Å². The van der Waals surface area contributed by atoms with Crippen LogP contribution in [0.1, 0.15) is 37.0 Å². The zero-order valence-electron chi connectivity index (χ0n) is 10.9. The first-order valence-corrected chi connectivity index (χ1v) is 6.00. The second-order valence-electron chi connectivity index (χ2n) is 4.04. The summed E-state index contributed by atoms with van der Waals surface area (Å²) in [5.74, 6) is 0. The molecule has 0 atom stereocenters. The highest BCUT2D eigenvalue weighted by Crippen LogP contribution is 2.36. The Hall–Kier alpha value is -2.02. The molecule has 0 saturated heterocycles. The molecule has 4 heteroatoms. The molecule has 4 nitrogen and oxygen atoms in total. The lowest BCUT2D eigenvalue weighted by molar-refractivity contribution is 0.564. The van der Waals surface area contributed by atoms with E-state index in [4.69, 9.17) is 0 Å². The molecule has 0 amide bonds. The molecule has 0 fully saturated rings. The van der Waals surface area contributed by atoms with Crippen molar-refractivity contribution in [3.63, 3.8) is 0 Å². The second-order valence-corrected chi connectivity index (χ2v) is 4.04. The lowest BCUT2D eigenvalue weighted by Gasteiger charge is -2.13. The third kappa shape index (κ3) is 2.80. The number of carbonyl (C=O) groups excluding carboxylic acids is 2. The minimum atomic E-state index is 0.582. The molecule has 0 bridgehead atoms. The summed E-state index contributed by atoms with van der Waals surface area (Å²) in [5.41, 5.74) is 3.90. The third-order valence-electron chi connectivity index (χ3n) is 2.84. The molecule has 1 rings (SSSR count). The van der Waals surface area contributed by atoms with Crippen molar-refractivity contribution in [2.45, 2.75) is 40.0 Å². The summed E-state index contributed by atoms with van der Waals surface area (Å²) in [4.78, 5) is 28.6. The first kappa shape index (κ1) is 14.0. The van der Waals surface area contributed by atoms with Crippen LogP contribution in [0, 0.1) is 6.92 Å². The molecule has 0 radical (unpaired) electrons. The molecule has 1 aromatic carbocycles. The molecule has 0 aliphatic rings. The Balaban J connectivity index is 3.67. The van der Waals surface area contributed by atoms with Crippen molar-refractivity contribution >= 4 is 23.5 Å². The molecule has 0 aliphatic heterocycles. The Morgan fingerprint density at radius 3 is 2.22 bits per heavy atom. The van der Waals surface area contributed by atoms with E-state index in [9.17, 15) is 9.59 Å². The Bertz CT molecular complexity index is 537. The van der Waals surface area contributed by atoms with Crippen LogP contribution in [0.25, 0.3) is 0 Å². The van der Waals surface area contributed by atoms with Crippen molar-refractivity contribution in [1.29, 1.82) is 0 Å². The number of nitrogens with zero attached hydrogens (tertiary/aromatic N) is 2. The molecule has 0 saturated carbocycles. The van der Waals surface area contributed by atoms with Gasteiger partial charge in [-0.1, -0.05) is 26.3 Å². The molecule has 94 valence electrons. The van der Waals surface area contributed by atoms with Gasteiger partial charge in [0.1, 0.15) is 0 Å². The zero-order chi connectivity index (χ0) is 13.5. The molecule has 18 heavy (non-hydrogen) atoms. The Morgan fingerprint density at radius 2 is 1.72 bits per heavy atom. The van der Waals surface area contributed by atoms with Gasteiger partial charge in [-0.3, -0.25) is 0 Å². The van der Waals surface area contributed by atoms with Crippen molar-refractivity contribution in [2.24, 2.45) is 9.98 Å². The minimum Gasteiger partial charge on any atom is -0.211 e. The van der Waals surface area contributed by atoms with Gasteiger partial charge in [0.2, 0.25) is 12.2 Å². The predicted molar refractivity (Wildman–Crippen MR) is 70.1 cm³/mol. The van der Waals surface area contributed by atoms with Gasteiger partial charge in [-0.05, 0) is 30.9 Å². The summed E-state index contributed by atoms with van der Waals surface area (Å²) < 4.78 is 0. The van der Waals surface area contributed by atoms with Gasteiger partial charge < -0.3 is 0 Å². The Morgan fingerprint density at radius 1 is 1.11 bits per heavy atom. The van der Waals surface area contributed by atoms with E-state index in [1.54, 1.807) is 12.2 Å². The number of hydrogen-bond acceptors (Lipinski definition) is 4. The Kier molecular flexibility index (Phi) is 5.19. The summed E-state index contributed by atoms with van der Waals surface area (Å²) >= 11 is 0. The normalized spacial score (nSPS) is 9.50. The fourth-order valence-corrected chi connectivity index (χ4v) is 2.08. The summed E-state index contributed by atoms with van der Waals surface area (Å²) in [6.07, 6.45) is 5.52. The van der Waals surface area contributed by atoms with E-state index in [2.05, 4.69) is 9.98 Å². The number of benzene rings is 1. The standard InChI is InChI=1S/C14H16N2O2/c1-4-6-12-13(15-8-17)10(3)7-11(5-2)14(12)16-9-18/h7H,4-6H2,1-3H3. The number of isocyanates is 2. The smallest absolute Gasteiger partial charge is 0.211 e. The van der Waals surface area contributed by atoms with E-state index in [0.29, 0.717) is 11.4 Å². The highest BCUT2D eigenvalue weighted by molar-refractivity contribution is 5.72. The minimum absolute atomic E-state index is 0.582. The maximum Gasteiger partial charge on any atom is 0.240 e. The SMILES string of the molecule is CCCc1c(N=C=O)c(C)cc(CC)c1N=C=O. The molecule has 0 N–H and O–H groups in total. The van der Waals surface area contributed by atoms with Gasteiger partial charge in [-0.15, -0.1) is 0 Å². The van der Waals surface area contributed by atoms with Crippen LogP contribution in [-0.2, 0) is 22.4 Å². The first-order valence-electron chi connectivity index (χ1n) is 6.00. The van der Waals surface area contributed by atoms with Crippen molar-refractivity contribution in [1.82, 2.24) is 0 Å². The second kappa shape index (κ2) is 6.65. The quantitative estimate of drug-likeness (QED) is 0.588. The number of aliphatic imine (C=N–C) groups is 2. The van der Waals surface area contributed by atoms with Gasteiger partial charge in [-0.25, -0.2) is 9.59 Å². The maximum atomic E-state index is 10.6. The van der Waals surface area contributed by atoms with Crippen LogP contribution in [0.15, 0.2) is 16.1 Å². The van der Waals surface area contributed by atoms with Crippen molar-refractivity contribution in [3.05, 3.63) is 22.8 Å². The molecule has 1 aromatic rings. The lowest BCUT2D eigenvalue weighted by Crippen LogP contribution is -1.94. The van der Waals surface area contributed by atoms with Crippen LogP contribution in [0.5, 0.6) is 0 Å². The average Bonchev–Trinajstić information content (AvgIpc) is 2.36. The molecule has 0 aliphatic carbocycles. The topological polar surface area (TPSA) is 58.9 Å². The van der Waals surface area contributed by atoms with E-state index < -0.39 is 0 Å². The number of hydrogen-bond donors (Lipinski definition) is 0. The van der Waals surface area contributed by atoms with E-state index in [0.717, 1.165) is 36.0 Å². The van der Waals surface area contributed by atoms with Crippen LogP contribution in [0.2, 0.25) is 0 Å². The molecular formula is C14H16N2O2. The van der Waals surface area contributed by atoms with Crippen molar-refractivity contribution in [2.75, 3.05) is 0 Å². The zero-order valence-corrected chi connectivity index (χ0v) is 10.9. The summed E-state index contributed by atoms with van der Waals surface area (Å²) in [7, 11) is 0. The molecule has 0 heterocycles. The highest BCUT2D eigenvalue weighted by atomic mass is 16.1. The first-order chi connectivity index (χ1) is 8.69. The number of aryl methyl sites for hydroxylation is 2. The largest absolute Gasteiger partial charge is 0.240 e.